The van der Waals surface area contributed by atoms with Gasteiger partial charge >= 0.3 is 0 Å². The van der Waals surface area contributed by atoms with Crippen molar-refractivity contribution in [3.63, 3.8) is 0 Å². The third-order valence-corrected chi connectivity index (χ3v) is 3.90. The van der Waals surface area contributed by atoms with Crippen molar-refractivity contribution in [1.29, 1.82) is 0 Å². The molecule has 1 N–H and O–H groups in total. The number of aryl methyl sites for hydroxylation is 1. The molecule has 0 radical (unpaired) electrons. The van der Waals surface area contributed by atoms with Crippen LogP contribution in [0.25, 0.3) is 0 Å². The number of nitrogens with zero attached hydrogens (tertiary/aromatic N) is 1. The summed E-state index contributed by atoms with van der Waals surface area (Å²) in [6.45, 7) is 1.75. The van der Waals surface area contributed by atoms with Crippen LogP contribution >= 0.6 is 11.6 Å². The molecule has 0 bridgehead atoms. The Bertz CT molecular complexity index is 574. The fraction of sp³-hybridized carbons (Fsp3) is 0.400. The van der Waals surface area contributed by atoms with E-state index < -0.39 is 17.9 Å². The molecule has 1 aliphatic rings. The van der Waals surface area contributed by atoms with Gasteiger partial charge in [-0.3, -0.25) is 19.7 Å². The topological polar surface area (TPSA) is 66.5 Å². The van der Waals surface area contributed by atoms with Crippen LogP contribution in [0.4, 0.5) is 0 Å². The normalized spacial score (nSPS) is 18.6. The molecule has 112 valence electrons. The summed E-state index contributed by atoms with van der Waals surface area (Å²) in [5.41, 5.74) is 0.883. The molecular weight excluding hydrogens is 292 g/mol. The predicted octanol–water partition coefficient (Wildman–Crippen LogP) is 1.54. The molecule has 1 atom stereocenters. The molecule has 1 fully saturated rings. The zero-order valence-corrected chi connectivity index (χ0v) is 12.5. The van der Waals surface area contributed by atoms with Crippen molar-refractivity contribution >= 4 is 29.3 Å². The molecule has 0 saturated carbocycles. The lowest BCUT2D eigenvalue weighted by atomic mass is 10.1. The number of rotatable bonds is 4. The van der Waals surface area contributed by atoms with Gasteiger partial charge in [-0.1, -0.05) is 36.7 Å². The van der Waals surface area contributed by atoms with Crippen molar-refractivity contribution in [2.45, 2.75) is 32.2 Å². The van der Waals surface area contributed by atoms with Gasteiger partial charge in [0.25, 0.3) is 0 Å². The molecule has 21 heavy (non-hydrogen) atoms. The van der Waals surface area contributed by atoms with Crippen molar-refractivity contribution in [3.05, 3.63) is 34.9 Å². The van der Waals surface area contributed by atoms with Crippen molar-refractivity contribution < 1.29 is 14.4 Å². The minimum atomic E-state index is -0.568. The van der Waals surface area contributed by atoms with Crippen LogP contribution in [0.5, 0.6) is 0 Å². The van der Waals surface area contributed by atoms with Crippen LogP contribution < -0.4 is 5.32 Å². The number of piperazine rings is 1. The van der Waals surface area contributed by atoms with Crippen molar-refractivity contribution in [3.8, 4) is 0 Å². The molecule has 1 saturated heterocycles. The first-order valence-electron chi connectivity index (χ1n) is 6.89. The fourth-order valence-electron chi connectivity index (χ4n) is 2.42. The molecular formula is C15H17ClN2O3. The van der Waals surface area contributed by atoms with Crippen molar-refractivity contribution in [2.75, 3.05) is 6.54 Å². The zero-order chi connectivity index (χ0) is 15.4. The van der Waals surface area contributed by atoms with Gasteiger partial charge in [-0.2, -0.15) is 0 Å². The number of hydrogen-bond acceptors (Lipinski definition) is 3. The Balaban J connectivity index is 2.03. The van der Waals surface area contributed by atoms with Gasteiger partial charge in [0.15, 0.2) is 0 Å². The summed E-state index contributed by atoms with van der Waals surface area (Å²) in [5.74, 6) is -1.04. The standard InChI is InChI=1S/C15H17ClN2O3/c1-2-12-15(21)17-13(19)9-18(12)14(20)8-7-10-5-3-4-6-11(10)16/h3-6,12H,2,7-9H2,1H3,(H,17,19,21). The molecule has 6 heteroatoms. The Morgan fingerprint density at radius 2 is 2.10 bits per heavy atom. The van der Waals surface area contributed by atoms with Gasteiger partial charge in [0.1, 0.15) is 12.6 Å². The van der Waals surface area contributed by atoms with Crippen LogP contribution in [-0.2, 0) is 20.8 Å². The Labute approximate surface area is 128 Å². The van der Waals surface area contributed by atoms with Gasteiger partial charge in [0.2, 0.25) is 17.7 Å². The number of benzene rings is 1. The van der Waals surface area contributed by atoms with Crippen LogP contribution in [0, 0.1) is 0 Å². The van der Waals surface area contributed by atoms with E-state index in [2.05, 4.69) is 5.32 Å². The molecule has 5 nitrogen and oxygen atoms in total. The average molecular weight is 309 g/mol. The molecule has 1 aromatic carbocycles. The van der Waals surface area contributed by atoms with E-state index in [-0.39, 0.29) is 18.9 Å². The second kappa shape index (κ2) is 6.72. The number of carbonyl (C=O) groups excluding carboxylic acids is 3. The van der Waals surface area contributed by atoms with Gasteiger partial charge in [-0.05, 0) is 24.5 Å². The second-order valence-corrected chi connectivity index (χ2v) is 5.36. The maximum Gasteiger partial charge on any atom is 0.249 e. The summed E-state index contributed by atoms with van der Waals surface area (Å²) in [7, 11) is 0. The SMILES string of the molecule is CCC1C(=O)NC(=O)CN1C(=O)CCc1ccccc1Cl. The number of hydrogen-bond donors (Lipinski definition) is 1. The van der Waals surface area contributed by atoms with E-state index in [1.54, 1.807) is 6.07 Å². The quantitative estimate of drug-likeness (QED) is 0.858. The zero-order valence-electron chi connectivity index (χ0n) is 11.8. The minimum absolute atomic E-state index is 0.0639. The van der Waals surface area contributed by atoms with Gasteiger partial charge < -0.3 is 4.90 Å². The van der Waals surface area contributed by atoms with Crippen molar-refractivity contribution in [2.24, 2.45) is 0 Å². The highest BCUT2D eigenvalue weighted by Gasteiger charge is 2.35. The lowest BCUT2D eigenvalue weighted by molar-refractivity contribution is -0.150. The molecule has 1 heterocycles. The highest BCUT2D eigenvalue weighted by Crippen LogP contribution is 2.18. The summed E-state index contributed by atoms with van der Waals surface area (Å²) in [4.78, 5) is 36.8. The second-order valence-electron chi connectivity index (χ2n) is 4.95. The Morgan fingerprint density at radius 1 is 1.38 bits per heavy atom. The van der Waals surface area contributed by atoms with E-state index in [1.165, 1.54) is 4.90 Å². The van der Waals surface area contributed by atoms with E-state index in [0.29, 0.717) is 17.9 Å². The first-order valence-corrected chi connectivity index (χ1v) is 7.27. The fourth-order valence-corrected chi connectivity index (χ4v) is 2.65. The van der Waals surface area contributed by atoms with E-state index in [0.717, 1.165) is 5.56 Å². The number of imide groups is 1. The largest absolute Gasteiger partial charge is 0.321 e. The highest BCUT2D eigenvalue weighted by molar-refractivity contribution is 6.31. The number of nitrogens with one attached hydrogen (secondary N) is 1. The Morgan fingerprint density at radius 3 is 2.76 bits per heavy atom. The first-order chi connectivity index (χ1) is 10.0. The lowest BCUT2D eigenvalue weighted by Gasteiger charge is -2.33. The number of carbonyl (C=O) groups is 3. The average Bonchev–Trinajstić information content (AvgIpc) is 2.45. The first kappa shape index (κ1) is 15.5. The summed E-state index contributed by atoms with van der Waals surface area (Å²) in [6.07, 6.45) is 1.19. The Kier molecular flexibility index (Phi) is 4.96. The maximum absolute atomic E-state index is 12.3. The molecule has 3 amide bonds. The monoisotopic (exact) mass is 308 g/mol. The predicted molar refractivity (Wildman–Crippen MR) is 78.7 cm³/mol. The van der Waals surface area contributed by atoms with Crippen LogP contribution in [-0.4, -0.2) is 35.2 Å². The van der Waals surface area contributed by atoms with E-state index in [4.69, 9.17) is 11.6 Å². The summed E-state index contributed by atoms with van der Waals surface area (Å²) in [5, 5.41) is 2.87. The molecule has 1 aliphatic heterocycles. The van der Waals surface area contributed by atoms with E-state index >= 15 is 0 Å². The molecule has 1 aromatic rings. The molecule has 0 aromatic heterocycles. The van der Waals surface area contributed by atoms with Gasteiger partial charge in [0.05, 0.1) is 0 Å². The minimum Gasteiger partial charge on any atom is -0.321 e. The molecule has 0 aliphatic carbocycles. The van der Waals surface area contributed by atoms with Gasteiger partial charge in [0, 0.05) is 11.4 Å². The third kappa shape index (κ3) is 3.61. The summed E-state index contributed by atoms with van der Waals surface area (Å²) in [6, 6.07) is 6.75. The van der Waals surface area contributed by atoms with Gasteiger partial charge in [-0.15, -0.1) is 0 Å². The van der Waals surface area contributed by atoms with Gasteiger partial charge in [-0.25, -0.2) is 0 Å². The van der Waals surface area contributed by atoms with Crippen molar-refractivity contribution in [1.82, 2.24) is 10.2 Å². The smallest absolute Gasteiger partial charge is 0.249 e. The number of amides is 3. The van der Waals surface area contributed by atoms with E-state index in [9.17, 15) is 14.4 Å². The molecule has 0 spiro atoms. The number of halogens is 1. The lowest BCUT2D eigenvalue weighted by Crippen LogP contribution is -2.59. The van der Waals surface area contributed by atoms with Crippen LogP contribution in [0.1, 0.15) is 25.3 Å². The van der Waals surface area contributed by atoms with Crippen LogP contribution in [0.15, 0.2) is 24.3 Å². The third-order valence-electron chi connectivity index (χ3n) is 3.53. The highest BCUT2D eigenvalue weighted by atomic mass is 35.5. The van der Waals surface area contributed by atoms with Crippen LogP contribution in [0.2, 0.25) is 5.02 Å². The van der Waals surface area contributed by atoms with Crippen LogP contribution in [0.3, 0.4) is 0 Å². The maximum atomic E-state index is 12.3. The summed E-state index contributed by atoms with van der Waals surface area (Å²) < 4.78 is 0. The van der Waals surface area contributed by atoms with E-state index in [1.807, 2.05) is 25.1 Å². The molecule has 2 rings (SSSR count). The molecule has 1 unspecified atom stereocenters. The summed E-state index contributed by atoms with van der Waals surface area (Å²) >= 11 is 6.05. The Hall–Kier alpha value is -1.88.